The minimum Gasteiger partial charge on any atom is -0.494 e. The van der Waals surface area contributed by atoms with E-state index in [0.717, 1.165) is 22.5 Å². The van der Waals surface area contributed by atoms with Gasteiger partial charge in [-0.3, -0.25) is 4.79 Å². The van der Waals surface area contributed by atoms with Gasteiger partial charge in [0.2, 0.25) is 11.1 Å². The number of nitrogens with one attached hydrogen (secondary N) is 1. The van der Waals surface area contributed by atoms with Crippen molar-refractivity contribution in [3.8, 4) is 11.4 Å². The molecule has 1 amide bonds. The molecule has 0 aliphatic rings. The number of aromatic nitrogens is 4. The molecule has 1 aromatic heterocycles. The summed E-state index contributed by atoms with van der Waals surface area (Å²) in [7, 11) is 1.60. The normalized spacial score (nSPS) is 12.1. The fraction of sp³-hybridized carbons (Fsp3) is 0.333. The summed E-state index contributed by atoms with van der Waals surface area (Å²) in [6.07, 6.45) is 0. The van der Waals surface area contributed by atoms with Gasteiger partial charge >= 0.3 is 0 Å². The van der Waals surface area contributed by atoms with Crippen LogP contribution in [-0.4, -0.2) is 38.5 Å². The maximum atomic E-state index is 12.9. The average molecular weight is 412 g/mol. The van der Waals surface area contributed by atoms with Crippen molar-refractivity contribution in [2.24, 2.45) is 0 Å². The molecule has 3 aromatic rings. The Labute approximate surface area is 174 Å². The number of thioether (sulfide) groups is 1. The van der Waals surface area contributed by atoms with Crippen molar-refractivity contribution in [1.29, 1.82) is 0 Å². The number of carbonyl (C=O) groups excluding carboxylic acids is 1. The first kappa shape index (κ1) is 20.9. The molecule has 2 aromatic carbocycles. The number of ether oxygens (including phenoxy) is 1. The Morgan fingerprint density at radius 1 is 1.14 bits per heavy atom. The zero-order valence-electron chi connectivity index (χ0n) is 17.2. The topological polar surface area (TPSA) is 81.9 Å². The molecule has 0 saturated carbocycles. The van der Waals surface area contributed by atoms with E-state index in [1.165, 1.54) is 11.8 Å². The van der Waals surface area contributed by atoms with E-state index >= 15 is 0 Å². The maximum absolute atomic E-state index is 12.9. The number of para-hydroxylation sites is 3. The lowest BCUT2D eigenvalue weighted by molar-refractivity contribution is -0.115. The Morgan fingerprint density at radius 3 is 2.62 bits per heavy atom. The molecular weight excluding hydrogens is 386 g/mol. The van der Waals surface area contributed by atoms with Crippen LogP contribution in [0.1, 0.15) is 37.8 Å². The highest BCUT2D eigenvalue weighted by Crippen LogP contribution is 2.30. The van der Waals surface area contributed by atoms with Crippen LogP contribution in [0.4, 0.5) is 5.69 Å². The van der Waals surface area contributed by atoms with E-state index in [9.17, 15) is 4.79 Å². The molecule has 1 N–H and O–H groups in total. The number of anilines is 1. The van der Waals surface area contributed by atoms with Crippen LogP contribution >= 0.6 is 11.8 Å². The van der Waals surface area contributed by atoms with Gasteiger partial charge in [-0.25, -0.2) is 0 Å². The van der Waals surface area contributed by atoms with E-state index in [1.807, 2.05) is 56.3 Å². The fourth-order valence-corrected chi connectivity index (χ4v) is 3.79. The molecule has 0 bridgehead atoms. The first-order valence-corrected chi connectivity index (χ1v) is 10.3. The molecule has 0 saturated heterocycles. The molecule has 29 heavy (non-hydrogen) atoms. The summed E-state index contributed by atoms with van der Waals surface area (Å²) in [5, 5.41) is 15.1. The van der Waals surface area contributed by atoms with Crippen molar-refractivity contribution in [3.05, 3.63) is 53.6 Å². The zero-order valence-corrected chi connectivity index (χ0v) is 18.0. The lowest BCUT2D eigenvalue weighted by atomic mass is 9.98. The number of hydrogen-bond donors (Lipinski definition) is 1. The second-order valence-electron chi connectivity index (χ2n) is 6.99. The summed E-state index contributed by atoms with van der Waals surface area (Å²) in [5.41, 5.74) is 3.76. The number of amides is 1. The average Bonchev–Trinajstić information content (AvgIpc) is 3.16. The zero-order chi connectivity index (χ0) is 21.0. The SMILES string of the molecule is COc1ccccc1-n1nnnc1S[C@@H](C)C(=O)Nc1c(C)cccc1C(C)C. The highest BCUT2D eigenvalue weighted by atomic mass is 32.2. The molecule has 0 fully saturated rings. The van der Waals surface area contributed by atoms with Crippen LogP contribution in [0.25, 0.3) is 5.69 Å². The summed E-state index contributed by atoms with van der Waals surface area (Å²) >= 11 is 1.30. The molecule has 152 valence electrons. The largest absolute Gasteiger partial charge is 0.494 e. The van der Waals surface area contributed by atoms with Gasteiger partial charge in [0, 0.05) is 5.69 Å². The van der Waals surface area contributed by atoms with E-state index < -0.39 is 5.25 Å². The molecule has 0 radical (unpaired) electrons. The van der Waals surface area contributed by atoms with Gasteiger partial charge in [0.1, 0.15) is 11.4 Å². The highest BCUT2D eigenvalue weighted by Gasteiger charge is 2.22. The summed E-state index contributed by atoms with van der Waals surface area (Å²) < 4.78 is 6.98. The van der Waals surface area contributed by atoms with Gasteiger partial charge in [-0.2, -0.15) is 4.68 Å². The molecule has 8 heteroatoms. The minimum absolute atomic E-state index is 0.0965. The van der Waals surface area contributed by atoms with Crippen molar-refractivity contribution < 1.29 is 9.53 Å². The Morgan fingerprint density at radius 2 is 1.90 bits per heavy atom. The number of tetrazole rings is 1. The monoisotopic (exact) mass is 411 g/mol. The Balaban J connectivity index is 1.80. The molecule has 7 nitrogen and oxygen atoms in total. The standard InChI is InChI=1S/C21H25N5O2S/c1-13(2)16-10-8-9-14(3)19(16)22-20(27)15(4)29-21-23-24-25-26(21)17-11-6-7-12-18(17)28-5/h6-13,15H,1-5H3,(H,22,27)/t15-/m0/s1. The lowest BCUT2D eigenvalue weighted by Crippen LogP contribution is -2.24. The van der Waals surface area contributed by atoms with Crippen LogP contribution in [0.3, 0.4) is 0 Å². The number of rotatable bonds is 7. The van der Waals surface area contributed by atoms with E-state index in [2.05, 4.69) is 34.7 Å². The number of carbonyl (C=O) groups is 1. The molecule has 1 heterocycles. The second-order valence-corrected chi connectivity index (χ2v) is 8.30. The molecule has 0 aliphatic carbocycles. The Kier molecular flexibility index (Phi) is 6.53. The third kappa shape index (κ3) is 4.59. The number of hydrogen-bond acceptors (Lipinski definition) is 6. The number of benzene rings is 2. The summed E-state index contributed by atoms with van der Waals surface area (Å²) in [5.74, 6) is 0.868. The van der Waals surface area contributed by atoms with Gasteiger partial charge in [0.05, 0.1) is 12.4 Å². The van der Waals surface area contributed by atoms with Crippen molar-refractivity contribution in [1.82, 2.24) is 20.2 Å². The van der Waals surface area contributed by atoms with Crippen molar-refractivity contribution >= 4 is 23.4 Å². The molecule has 0 spiro atoms. The smallest absolute Gasteiger partial charge is 0.237 e. The van der Waals surface area contributed by atoms with E-state index in [4.69, 9.17) is 4.74 Å². The Bertz CT molecular complexity index is 1000. The predicted molar refractivity (Wildman–Crippen MR) is 115 cm³/mol. The maximum Gasteiger partial charge on any atom is 0.237 e. The fourth-order valence-electron chi connectivity index (χ4n) is 2.99. The van der Waals surface area contributed by atoms with E-state index in [0.29, 0.717) is 16.8 Å². The second kappa shape index (κ2) is 9.09. The quantitative estimate of drug-likeness (QED) is 0.586. The van der Waals surface area contributed by atoms with Crippen LogP contribution in [0.15, 0.2) is 47.6 Å². The molecule has 0 unspecified atom stereocenters. The Hall–Kier alpha value is -2.87. The molecule has 1 atom stereocenters. The van der Waals surface area contributed by atoms with Gasteiger partial charge in [0.25, 0.3) is 0 Å². The summed E-state index contributed by atoms with van der Waals surface area (Å²) in [6, 6.07) is 13.5. The van der Waals surface area contributed by atoms with Crippen LogP contribution in [0.5, 0.6) is 5.75 Å². The highest BCUT2D eigenvalue weighted by molar-refractivity contribution is 8.00. The van der Waals surface area contributed by atoms with Crippen LogP contribution in [0, 0.1) is 6.92 Å². The van der Waals surface area contributed by atoms with Crippen LogP contribution in [0.2, 0.25) is 0 Å². The van der Waals surface area contributed by atoms with E-state index in [-0.39, 0.29) is 5.91 Å². The van der Waals surface area contributed by atoms with E-state index in [1.54, 1.807) is 11.8 Å². The third-order valence-electron chi connectivity index (χ3n) is 4.58. The number of methoxy groups -OCH3 is 1. The van der Waals surface area contributed by atoms with Crippen molar-refractivity contribution in [2.75, 3.05) is 12.4 Å². The first-order chi connectivity index (χ1) is 13.9. The first-order valence-electron chi connectivity index (χ1n) is 9.41. The molecule has 3 rings (SSSR count). The molecule has 0 aliphatic heterocycles. The van der Waals surface area contributed by atoms with Gasteiger partial charge in [-0.15, -0.1) is 5.10 Å². The molecular formula is C21H25N5O2S. The summed E-state index contributed by atoms with van der Waals surface area (Å²) in [4.78, 5) is 12.9. The summed E-state index contributed by atoms with van der Waals surface area (Å²) in [6.45, 7) is 8.07. The van der Waals surface area contributed by atoms with Crippen molar-refractivity contribution in [3.63, 3.8) is 0 Å². The van der Waals surface area contributed by atoms with Crippen LogP contribution < -0.4 is 10.1 Å². The van der Waals surface area contributed by atoms with Crippen molar-refractivity contribution in [2.45, 2.75) is 44.0 Å². The lowest BCUT2D eigenvalue weighted by Gasteiger charge is -2.18. The minimum atomic E-state index is -0.394. The predicted octanol–water partition coefficient (Wildman–Crippen LogP) is 4.22. The third-order valence-corrected chi connectivity index (χ3v) is 5.61. The van der Waals surface area contributed by atoms with Crippen LogP contribution in [-0.2, 0) is 4.79 Å². The van der Waals surface area contributed by atoms with Gasteiger partial charge < -0.3 is 10.1 Å². The van der Waals surface area contributed by atoms with Gasteiger partial charge in [-0.05, 0) is 53.5 Å². The number of nitrogens with zero attached hydrogens (tertiary/aromatic N) is 4. The van der Waals surface area contributed by atoms with Gasteiger partial charge in [0.15, 0.2) is 0 Å². The van der Waals surface area contributed by atoms with Gasteiger partial charge in [-0.1, -0.05) is 55.9 Å². The number of aryl methyl sites for hydroxylation is 1.